The summed E-state index contributed by atoms with van der Waals surface area (Å²) in [5.41, 5.74) is 1.31. The minimum Gasteiger partial charge on any atom is -0.455 e. The van der Waals surface area contributed by atoms with E-state index in [0.29, 0.717) is 17.2 Å². The van der Waals surface area contributed by atoms with Crippen LogP contribution >= 0.6 is 0 Å². The van der Waals surface area contributed by atoms with E-state index in [2.05, 4.69) is 4.98 Å². The lowest BCUT2D eigenvalue weighted by Crippen LogP contribution is -1.96. The van der Waals surface area contributed by atoms with Gasteiger partial charge in [0.1, 0.15) is 11.5 Å². The Morgan fingerprint density at radius 1 is 1.22 bits per heavy atom. The van der Waals surface area contributed by atoms with Gasteiger partial charge in [-0.3, -0.25) is 4.98 Å². The van der Waals surface area contributed by atoms with Crippen molar-refractivity contribution in [2.24, 2.45) is 0 Å². The summed E-state index contributed by atoms with van der Waals surface area (Å²) in [5.74, 6) is 1.17. The van der Waals surface area contributed by atoms with Gasteiger partial charge in [0, 0.05) is 5.56 Å². The van der Waals surface area contributed by atoms with E-state index in [9.17, 15) is 10.2 Å². The number of nitrogens with zero attached hydrogens (tertiary/aromatic N) is 1. The number of aliphatic hydroxyl groups is 2. The maximum absolute atomic E-state index is 9.35. The van der Waals surface area contributed by atoms with Crippen molar-refractivity contribution in [1.29, 1.82) is 0 Å². The molecule has 0 aliphatic rings. The number of benzene rings is 1. The van der Waals surface area contributed by atoms with Crippen LogP contribution in [0, 0.1) is 0 Å². The summed E-state index contributed by atoms with van der Waals surface area (Å²) in [4.78, 5) is 4.09. The zero-order valence-electron chi connectivity index (χ0n) is 10.1. The largest absolute Gasteiger partial charge is 0.455 e. The minimum absolute atomic E-state index is 0.0740. The fourth-order valence-corrected chi connectivity index (χ4v) is 1.56. The van der Waals surface area contributed by atoms with Crippen LogP contribution in [0.1, 0.15) is 24.3 Å². The van der Waals surface area contributed by atoms with Crippen molar-refractivity contribution in [1.82, 2.24) is 4.98 Å². The summed E-state index contributed by atoms with van der Waals surface area (Å²) < 4.78 is 5.63. The van der Waals surface area contributed by atoms with E-state index >= 15 is 0 Å². The first-order valence-electron chi connectivity index (χ1n) is 5.71. The van der Waals surface area contributed by atoms with Crippen LogP contribution in [0.15, 0.2) is 42.6 Å². The highest BCUT2D eigenvalue weighted by atomic mass is 16.5. The molecule has 2 rings (SSSR count). The van der Waals surface area contributed by atoms with Gasteiger partial charge in [-0.2, -0.15) is 0 Å². The number of hydrogen-bond acceptors (Lipinski definition) is 4. The van der Waals surface area contributed by atoms with E-state index in [4.69, 9.17) is 4.74 Å². The van der Waals surface area contributed by atoms with Gasteiger partial charge in [0.15, 0.2) is 0 Å². The molecular formula is C14H15NO3. The van der Waals surface area contributed by atoms with Gasteiger partial charge in [-0.1, -0.05) is 18.2 Å². The number of rotatable bonds is 4. The maximum atomic E-state index is 9.35. The Labute approximate surface area is 106 Å². The normalized spacial score (nSPS) is 12.2. The number of aliphatic hydroxyl groups excluding tert-OH is 2. The number of pyridine rings is 1. The summed E-state index contributed by atoms with van der Waals surface area (Å²) in [6.07, 6.45) is 0.958. The van der Waals surface area contributed by atoms with Crippen molar-refractivity contribution in [3.8, 4) is 11.5 Å². The molecule has 0 unspecified atom stereocenters. The van der Waals surface area contributed by atoms with Gasteiger partial charge in [0.05, 0.1) is 24.6 Å². The summed E-state index contributed by atoms with van der Waals surface area (Å²) >= 11 is 0. The molecule has 4 heteroatoms. The van der Waals surface area contributed by atoms with Gasteiger partial charge in [-0.15, -0.1) is 0 Å². The van der Waals surface area contributed by atoms with Crippen LogP contribution in [0.3, 0.4) is 0 Å². The fourth-order valence-electron chi connectivity index (χ4n) is 1.56. The molecule has 0 saturated heterocycles. The highest BCUT2D eigenvalue weighted by molar-refractivity contribution is 5.36. The topological polar surface area (TPSA) is 62.6 Å². The molecule has 1 heterocycles. The fraction of sp³-hybridized carbons (Fsp3) is 0.214. The Bertz CT molecular complexity index is 509. The highest BCUT2D eigenvalue weighted by Crippen LogP contribution is 2.25. The summed E-state index contributed by atoms with van der Waals surface area (Å²) in [6.45, 7) is 1.58. The highest BCUT2D eigenvalue weighted by Gasteiger charge is 2.05. The van der Waals surface area contributed by atoms with Crippen LogP contribution in [0.4, 0.5) is 0 Å². The smallest absolute Gasteiger partial charge is 0.145 e. The first kappa shape index (κ1) is 12.5. The van der Waals surface area contributed by atoms with Crippen LogP contribution in [0.2, 0.25) is 0 Å². The molecule has 0 aliphatic heterocycles. The number of hydrogen-bond donors (Lipinski definition) is 2. The number of aromatic nitrogens is 1. The zero-order valence-corrected chi connectivity index (χ0v) is 10.1. The van der Waals surface area contributed by atoms with Crippen molar-refractivity contribution in [3.05, 3.63) is 53.9 Å². The summed E-state index contributed by atoms with van der Waals surface area (Å²) in [7, 11) is 0. The van der Waals surface area contributed by atoms with E-state index in [-0.39, 0.29) is 6.61 Å². The standard InChI is InChI=1S/C14H15NO3/c1-10(17)13-7-6-12(8-15-13)18-14-5-3-2-4-11(14)9-16/h2-8,10,16-17H,9H2,1H3/t10-/m1/s1. The Morgan fingerprint density at radius 3 is 2.61 bits per heavy atom. The molecule has 0 radical (unpaired) electrons. The summed E-state index contributed by atoms with van der Waals surface area (Å²) in [6, 6.07) is 10.7. The lowest BCUT2D eigenvalue weighted by atomic mass is 10.2. The first-order valence-corrected chi connectivity index (χ1v) is 5.71. The molecule has 2 N–H and O–H groups in total. The number of para-hydroxylation sites is 1. The van der Waals surface area contributed by atoms with Crippen molar-refractivity contribution < 1.29 is 14.9 Å². The monoisotopic (exact) mass is 245 g/mol. The maximum Gasteiger partial charge on any atom is 0.145 e. The molecule has 0 bridgehead atoms. The average Bonchev–Trinajstić information content (AvgIpc) is 2.40. The van der Waals surface area contributed by atoms with Crippen molar-refractivity contribution >= 4 is 0 Å². The van der Waals surface area contributed by atoms with Gasteiger partial charge < -0.3 is 14.9 Å². The second kappa shape index (κ2) is 5.62. The molecule has 0 spiro atoms. The van der Waals surface area contributed by atoms with Crippen molar-refractivity contribution in [3.63, 3.8) is 0 Å². The third kappa shape index (κ3) is 2.85. The molecule has 4 nitrogen and oxygen atoms in total. The van der Waals surface area contributed by atoms with Crippen LogP contribution < -0.4 is 4.74 Å². The average molecular weight is 245 g/mol. The van der Waals surface area contributed by atoms with E-state index in [1.165, 1.54) is 0 Å². The number of ether oxygens (including phenoxy) is 1. The quantitative estimate of drug-likeness (QED) is 0.868. The predicted octanol–water partition coefficient (Wildman–Crippen LogP) is 2.42. The first-order chi connectivity index (χ1) is 8.70. The second-order valence-electron chi connectivity index (χ2n) is 3.96. The molecule has 0 aliphatic carbocycles. The predicted molar refractivity (Wildman–Crippen MR) is 67.3 cm³/mol. The van der Waals surface area contributed by atoms with Gasteiger partial charge in [0.25, 0.3) is 0 Å². The molecule has 2 aromatic rings. The Balaban J connectivity index is 2.18. The lowest BCUT2D eigenvalue weighted by Gasteiger charge is -2.10. The Morgan fingerprint density at radius 2 is 2.00 bits per heavy atom. The van der Waals surface area contributed by atoms with E-state index in [1.807, 2.05) is 12.1 Å². The van der Waals surface area contributed by atoms with Gasteiger partial charge in [-0.25, -0.2) is 0 Å². The molecule has 1 aromatic heterocycles. The van der Waals surface area contributed by atoms with Crippen molar-refractivity contribution in [2.75, 3.05) is 0 Å². The molecule has 1 aromatic carbocycles. The molecule has 1 atom stereocenters. The third-order valence-electron chi connectivity index (χ3n) is 2.56. The van der Waals surface area contributed by atoms with Crippen LogP contribution in [-0.4, -0.2) is 15.2 Å². The zero-order chi connectivity index (χ0) is 13.0. The molecule has 0 amide bonds. The molecule has 18 heavy (non-hydrogen) atoms. The molecular weight excluding hydrogens is 230 g/mol. The molecule has 94 valence electrons. The van der Waals surface area contributed by atoms with E-state index < -0.39 is 6.10 Å². The van der Waals surface area contributed by atoms with E-state index in [1.54, 1.807) is 37.4 Å². The van der Waals surface area contributed by atoms with Gasteiger partial charge in [-0.05, 0) is 25.1 Å². The Kier molecular flexibility index (Phi) is 3.92. The SMILES string of the molecule is C[C@@H](O)c1ccc(Oc2ccccc2CO)cn1. The Hall–Kier alpha value is -1.91. The minimum atomic E-state index is -0.594. The second-order valence-corrected chi connectivity index (χ2v) is 3.96. The van der Waals surface area contributed by atoms with Crippen LogP contribution in [0.5, 0.6) is 11.5 Å². The van der Waals surface area contributed by atoms with Crippen molar-refractivity contribution in [2.45, 2.75) is 19.6 Å². The third-order valence-corrected chi connectivity index (χ3v) is 2.56. The van der Waals surface area contributed by atoms with Crippen LogP contribution in [0.25, 0.3) is 0 Å². The lowest BCUT2D eigenvalue weighted by molar-refractivity contribution is 0.194. The van der Waals surface area contributed by atoms with Gasteiger partial charge >= 0.3 is 0 Å². The molecule has 0 saturated carbocycles. The van der Waals surface area contributed by atoms with E-state index in [0.717, 1.165) is 5.56 Å². The molecule has 0 fully saturated rings. The summed E-state index contributed by atoms with van der Waals surface area (Å²) in [5, 5.41) is 18.5. The van der Waals surface area contributed by atoms with Crippen LogP contribution in [-0.2, 0) is 6.61 Å². The van der Waals surface area contributed by atoms with Gasteiger partial charge in [0.2, 0.25) is 0 Å².